The number of carbonyl (C=O) groups excluding carboxylic acids is 1. The van der Waals surface area contributed by atoms with Crippen molar-refractivity contribution in [3.63, 3.8) is 0 Å². The summed E-state index contributed by atoms with van der Waals surface area (Å²) in [6, 6.07) is 0.232. The summed E-state index contributed by atoms with van der Waals surface area (Å²) in [5.41, 5.74) is -0.356. The van der Waals surface area contributed by atoms with Gasteiger partial charge in [0.1, 0.15) is 12.2 Å². The van der Waals surface area contributed by atoms with Crippen LogP contribution in [0, 0.1) is 0 Å². The lowest BCUT2D eigenvalue weighted by atomic mass is 10.3. The lowest BCUT2D eigenvalue weighted by molar-refractivity contribution is 0.0685. The molecule has 2 aromatic heterocycles. The number of imidazole rings is 1. The first-order chi connectivity index (χ1) is 10.0. The molecule has 0 unspecified atom stereocenters. The molecule has 0 aliphatic heterocycles. The molecule has 9 heteroatoms. The van der Waals surface area contributed by atoms with Crippen LogP contribution in [0.5, 0.6) is 0 Å². The Morgan fingerprint density at radius 1 is 1.48 bits per heavy atom. The van der Waals surface area contributed by atoms with Gasteiger partial charge in [-0.25, -0.2) is 9.78 Å². The number of nitrogens with zero attached hydrogens (tertiary/aromatic N) is 4. The number of amides is 1. The molecule has 0 spiro atoms. The van der Waals surface area contributed by atoms with Crippen molar-refractivity contribution in [1.29, 1.82) is 0 Å². The first-order valence-electron chi connectivity index (χ1n) is 6.44. The summed E-state index contributed by atoms with van der Waals surface area (Å²) < 4.78 is 1.91. The minimum absolute atomic E-state index is 0.132. The summed E-state index contributed by atoms with van der Waals surface area (Å²) in [5.74, 6) is -1.01. The van der Waals surface area contributed by atoms with E-state index in [4.69, 9.17) is 5.11 Å². The van der Waals surface area contributed by atoms with Gasteiger partial charge in [-0.1, -0.05) is 0 Å². The minimum Gasteiger partial charge on any atom is -0.477 e. The Bertz CT molecular complexity index is 645. The van der Waals surface area contributed by atoms with Crippen LogP contribution in [-0.2, 0) is 6.42 Å². The third-order valence-corrected chi connectivity index (χ3v) is 2.91. The van der Waals surface area contributed by atoms with E-state index in [2.05, 4.69) is 25.5 Å². The van der Waals surface area contributed by atoms with E-state index in [9.17, 15) is 9.59 Å². The van der Waals surface area contributed by atoms with Gasteiger partial charge in [-0.3, -0.25) is 4.79 Å². The maximum Gasteiger partial charge on any atom is 0.354 e. The van der Waals surface area contributed by atoms with Gasteiger partial charge in [-0.05, 0) is 13.8 Å². The van der Waals surface area contributed by atoms with Gasteiger partial charge < -0.3 is 20.0 Å². The molecule has 0 atom stereocenters. The van der Waals surface area contributed by atoms with E-state index < -0.39 is 11.9 Å². The lowest BCUT2D eigenvalue weighted by Gasteiger charge is -2.10. The molecular formula is C12H16N6O3. The standard InChI is InChI=1S/C12H16N6O3/c1-7(2)18-6-16-17-8(18)3-4-13-11(19)9-10(12(20)21)15-5-14-9/h5-7H,3-4H2,1-2H3,(H,13,19)(H,14,15)(H,20,21). The van der Waals surface area contributed by atoms with Gasteiger partial charge in [-0.2, -0.15) is 0 Å². The van der Waals surface area contributed by atoms with Crippen LogP contribution in [-0.4, -0.2) is 48.3 Å². The topological polar surface area (TPSA) is 126 Å². The Kier molecular flexibility index (Phi) is 4.31. The highest BCUT2D eigenvalue weighted by Gasteiger charge is 2.19. The SMILES string of the molecule is CC(C)n1cnnc1CCNC(=O)c1nc[nH]c1C(=O)O. The highest BCUT2D eigenvalue weighted by atomic mass is 16.4. The highest BCUT2D eigenvalue weighted by Crippen LogP contribution is 2.07. The number of carboxylic acids is 1. The lowest BCUT2D eigenvalue weighted by Crippen LogP contribution is -2.28. The molecule has 0 fully saturated rings. The average molecular weight is 292 g/mol. The second-order valence-electron chi connectivity index (χ2n) is 4.69. The molecule has 21 heavy (non-hydrogen) atoms. The molecule has 2 heterocycles. The summed E-state index contributed by atoms with van der Waals surface area (Å²) in [6.07, 6.45) is 3.31. The fourth-order valence-electron chi connectivity index (χ4n) is 1.88. The number of hydrogen-bond donors (Lipinski definition) is 3. The van der Waals surface area contributed by atoms with Gasteiger partial charge >= 0.3 is 5.97 Å². The van der Waals surface area contributed by atoms with Crippen molar-refractivity contribution in [2.45, 2.75) is 26.3 Å². The molecular weight excluding hydrogens is 276 g/mol. The smallest absolute Gasteiger partial charge is 0.354 e. The minimum atomic E-state index is -1.22. The van der Waals surface area contributed by atoms with Crippen LogP contribution in [0.15, 0.2) is 12.7 Å². The van der Waals surface area contributed by atoms with Crippen LogP contribution in [0.1, 0.15) is 46.7 Å². The molecule has 0 radical (unpaired) electrons. The number of carbonyl (C=O) groups is 2. The van der Waals surface area contributed by atoms with Crippen LogP contribution >= 0.6 is 0 Å². The predicted octanol–water partition coefficient (Wildman–Crippen LogP) is 0.253. The molecule has 2 rings (SSSR count). The molecule has 0 bridgehead atoms. The maximum atomic E-state index is 11.9. The second-order valence-corrected chi connectivity index (χ2v) is 4.69. The Hall–Kier alpha value is -2.71. The van der Waals surface area contributed by atoms with Gasteiger partial charge in [-0.15, -0.1) is 10.2 Å². The number of H-pyrrole nitrogens is 1. The molecule has 1 amide bonds. The predicted molar refractivity (Wildman–Crippen MR) is 72.0 cm³/mol. The van der Waals surface area contributed by atoms with Crippen LogP contribution in [0.3, 0.4) is 0 Å². The average Bonchev–Trinajstić information content (AvgIpc) is 3.07. The summed E-state index contributed by atoms with van der Waals surface area (Å²) in [4.78, 5) is 28.9. The van der Waals surface area contributed by atoms with Crippen LogP contribution in [0.25, 0.3) is 0 Å². The molecule has 0 saturated heterocycles. The molecule has 0 saturated carbocycles. The number of aromatic carboxylic acids is 1. The number of carboxylic acid groups (broad SMARTS) is 1. The zero-order chi connectivity index (χ0) is 15.4. The van der Waals surface area contributed by atoms with Gasteiger partial charge in [0.05, 0.1) is 6.33 Å². The first kappa shape index (κ1) is 14.7. The zero-order valence-electron chi connectivity index (χ0n) is 11.7. The van der Waals surface area contributed by atoms with E-state index in [1.54, 1.807) is 6.33 Å². The first-order valence-corrected chi connectivity index (χ1v) is 6.44. The van der Waals surface area contributed by atoms with E-state index >= 15 is 0 Å². The fourth-order valence-corrected chi connectivity index (χ4v) is 1.88. The Morgan fingerprint density at radius 2 is 2.24 bits per heavy atom. The number of aromatic amines is 1. The second kappa shape index (κ2) is 6.16. The number of rotatable bonds is 6. The van der Waals surface area contributed by atoms with Gasteiger partial charge in [0.2, 0.25) is 0 Å². The normalized spacial score (nSPS) is 10.8. The number of hydrogen-bond acceptors (Lipinski definition) is 5. The molecule has 0 aliphatic carbocycles. The Labute approximate surface area is 120 Å². The summed E-state index contributed by atoms with van der Waals surface area (Å²) >= 11 is 0. The van der Waals surface area contributed by atoms with Crippen LogP contribution in [0.2, 0.25) is 0 Å². The Balaban J connectivity index is 1.94. The van der Waals surface area contributed by atoms with Crippen molar-refractivity contribution in [2.24, 2.45) is 0 Å². The summed E-state index contributed by atoms with van der Waals surface area (Å²) in [6.45, 7) is 4.33. The van der Waals surface area contributed by atoms with E-state index in [1.165, 1.54) is 6.33 Å². The molecule has 9 nitrogen and oxygen atoms in total. The van der Waals surface area contributed by atoms with Crippen molar-refractivity contribution in [1.82, 2.24) is 30.0 Å². The largest absolute Gasteiger partial charge is 0.477 e. The zero-order valence-corrected chi connectivity index (χ0v) is 11.7. The summed E-state index contributed by atoms with van der Waals surface area (Å²) in [7, 11) is 0. The third-order valence-electron chi connectivity index (χ3n) is 2.91. The monoisotopic (exact) mass is 292 g/mol. The van der Waals surface area contributed by atoms with Crippen molar-refractivity contribution >= 4 is 11.9 Å². The van der Waals surface area contributed by atoms with E-state index in [1.807, 2.05) is 18.4 Å². The number of nitrogens with one attached hydrogen (secondary N) is 2. The van der Waals surface area contributed by atoms with Gasteiger partial charge in [0, 0.05) is 19.0 Å². The van der Waals surface area contributed by atoms with Crippen molar-refractivity contribution in [2.75, 3.05) is 6.54 Å². The molecule has 3 N–H and O–H groups in total. The molecule has 0 aliphatic rings. The van der Waals surface area contributed by atoms with Crippen LogP contribution < -0.4 is 5.32 Å². The third kappa shape index (κ3) is 3.25. The highest BCUT2D eigenvalue weighted by molar-refractivity contribution is 6.02. The van der Waals surface area contributed by atoms with Crippen molar-refractivity contribution < 1.29 is 14.7 Å². The van der Waals surface area contributed by atoms with E-state index in [0.29, 0.717) is 13.0 Å². The maximum absolute atomic E-state index is 11.9. The fraction of sp³-hybridized carbons (Fsp3) is 0.417. The quantitative estimate of drug-likeness (QED) is 0.700. The van der Waals surface area contributed by atoms with E-state index in [-0.39, 0.29) is 17.4 Å². The van der Waals surface area contributed by atoms with Crippen molar-refractivity contribution in [3.05, 3.63) is 29.9 Å². The Morgan fingerprint density at radius 3 is 2.90 bits per heavy atom. The van der Waals surface area contributed by atoms with Gasteiger partial charge in [0.25, 0.3) is 5.91 Å². The van der Waals surface area contributed by atoms with Crippen LogP contribution in [0.4, 0.5) is 0 Å². The summed E-state index contributed by atoms with van der Waals surface area (Å²) in [5, 5.41) is 19.3. The number of aromatic nitrogens is 5. The molecule has 0 aromatic carbocycles. The molecule has 112 valence electrons. The van der Waals surface area contributed by atoms with Crippen molar-refractivity contribution in [3.8, 4) is 0 Å². The van der Waals surface area contributed by atoms with E-state index in [0.717, 1.165) is 5.82 Å². The molecule has 2 aromatic rings. The van der Waals surface area contributed by atoms with Gasteiger partial charge in [0.15, 0.2) is 11.4 Å².